The molecular formula is C10H4BrF3N2. The van der Waals surface area contributed by atoms with Crippen molar-refractivity contribution in [2.45, 2.75) is 0 Å². The van der Waals surface area contributed by atoms with Gasteiger partial charge in [-0.05, 0) is 34.1 Å². The third-order valence-electron chi connectivity index (χ3n) is 1.94. The van der Waals surface area contributed by atoms with Gasteiger partial charge in [0.25, 0.3) is 0 Å². The van der Waals surface area contributed by atoms with Crippen LogP contribution < -0.4 is 0 Å². The molecule has 0 unspecified atom stereocenters. The van der Waals surface area contributed by atoms with Gasteiger partial charge in [0, 0.05) is 5.56 Å². The van der Waals surface area contributed by atoms with Crippen LogP contribution in [0.4, 0.5) is 13.2 Å². The van der Waals surface area contributed by atoms with Crippen LogP contribution in [0.3, 0.4) is 0 Å². The van der Waals surface area contributed by atoms with Crippen molar-refractivity contribution in [1.82, 2.24) is 9.97 Å². The maximum absolute atomic E-state index is 13.4. The van der Waals surface area contributed by atoms with Gasteiger partial charge in [0.05, 0.1) is 5.69 Å². The molecule has 0 aliphatic rings. The lowest BCUT2D eigenvalue weighted by molar-refractivity contribution is 0.449. The first-order valence-corrected chi connectivity index (χ1v) is 5.00. The fourth-order valence-electron chi connectivity index (χ4n) is 1.20. The summed E-state index contributed by atoms with van der Waals surface area (Å²) in [6.07, 6.45) is 1.19. The van der Waals surface area contributed by atoms with Crippen molar-refractivity contribution < 1.29 is 13.2 Å². The molecule has 0 radical (unpaired) electrons. The molecule has 1 aromatic heterocycles. The minimum absolute atomic E-state index is 0.109. The van der Waals surface area contributed by atoms with Gasteiger partial charge in [-0.1, -0.05) is 0 Å². The maximum atomic E-state index is 13.4. The molecule has 2 aromatic rings. The molecule has 16 heavy (non-hydrogen) atoms. The Hall–Kier alpha value is -1.43. The maximum Gasteiger partial charge on any atom is 0.195 e. The van der Waals surface area contributed by atoms with E-state index in [2.05, 4.69) is 25.9 Å². The summed E-state index contributed by atoms with van der Waals surface area (Å²) in [4.78, 5) is 7.52. The number of hydrogen-bond donors (Lipinski definition) is 0. The van der Waals surface area contributed by atoms with E-state index in [0.717, 1.165) is 12.1 Å². The van der Waals surface area contributed by atoms with E-state index >= 15 is 0 Å². The molecule has 2 rings (SSSR count). The molecule has 0 bridgehead atoms. The lowest BCUT2D eigenvalue weighted by Gasteiger charge is -2.03. The Bertz CT molecular complexity index is 546. The van der Waals surface area contributed by atoms with Crippen LogP contribution in [-0.4, -0.2) is 9.97 Å². The molecule has 0 saturated carbocycles. The Balaban J connectivity index is 2.61. The number of halogens is 4. The molecule has 0 amide bonds. The molecule has 6 heteroatoms. The van der Waals surface area contributed by atoms with Crippen molar-refractivity contribution in [2.24, 2.45) is 0 Å². The zero-order chi connectivity index (χ0) is 11.7. The quantitative estimate of drug-likeness (QED) is 0.594. The predicted octanol–water partition coefficient (Wildman–Crippen LogP) is 3.32. The average molecular weight is 289 g/mol. The van der Waals surface area contributed by atoms with Crippen molar-refractivity contribution in [2.75, 3.05) is 0 Å². The zero-order valence-corrected chi connectivity index (χ0v) is 9.30. The van der Waals surface area contributed by atoms with Gasteiger partial charge in [-0.3, -0.25) is 0 Å². The number of benzene rings is 1. The van der Waals surface area contributed by atoms with Gasteiger partial charge in [0.15, 0.2) is 17.5 Å². The van der Waals surface area contributed by atoms with Gasteiger partial charge < -0.3 is 0 Å². The van der Waals surface area contributed by atoms with Crippen molar-refractivity contribution in [1.29, 1.82) is 0 Å². The fourth-order valence-corrected chi connectivity index (χ4v) is 1.51. The fraction of sp³-hybridized carbons (Fsp3) is 0. The van der Waals surface area contributed by atoms with Crippen molar-refractivity contribution in [3.8, 4) is 11.3 Å². The molecule has 82 valence electrons. The molecule has 0 aliphatic carbocycles. The summed E-state index contributed by atoms with van der Waals surface area (Å²) in [6.45, 7) is 0. The third kappa shape index (κ3) is 1.92. The van der Waals surface area contributed by atoms with Crippen molar-refractivity contribution >= 4 is 15.9 Å². The first kappa shape index (κ1) is 11.1. The van der Waals surface area contributed by atoms with E-state index in [1.165, 1.54) is 12.4 Å². The van der Waals surface area contributed by atoms with E-state index in [9.17, 15) is 13.2 Å². The lowest BCUT2D eigenvalue weighted by atomic mass is 10.1. The Morgan fingerprint density at radius 2 is 1.75 bits per heavy atom. The number of aromatic nitrogens is 2. The second-order valence-electron chi connectivity index (χ2n) is 2.95. The van der Waals surface area contributed by atoms with Gasteiger partial charge in [-0.2, -0.15) is 0 Å². The summed E-state index contributed by atoms with van der Waals surface area (Å²) >= 11 is 3.08. The van der Waals surface area contributed by atoms with Crippen LogP contribution in [0.2, 0.25) is 0 Å². The van der Waals surface area contributed by atoms with Crippen LogP contribution in [0.5, 0.6) is 0 Å². The topological polar surface area (TPSA) is 25.8 Å². The molecule has 0 aliphatic heterocycles. The highest BCUT2D eigenvalue weighted by atomic mass is 79.9. The summed E-state index contributed by atoms with van der Waals surface area (Å²) in [5, 5.41) is 0. The predicted molar refractivity (Wildman–Crippen MR) is 55.0 cm³/mol. The lowest BCUT2D eigenvalue weighted by Crippen LogP contribution is -1.95. The summed E-state index contributed by atoms with van der Waals surface area (Å²) < 4.78 is 39.5. The molecule has 0 spiro atoms. The van der Waals surface area contributed by atoms with E-state index < -0.39 is 17.5 Å². The van der Waals surface area contributed by atoms with Crippen LogP contribution >= 0.6 is 15.9 Å². The number of nitrogens with zero attached hydrogens (tertiary/aromatic N) is 2. The van der Waals surface area contributed by atoms with Gasteiger partial charge in [-0.15, -0.1) is 0 Å². The molecule has 1 aromatic carbocycles. The Morgan fingerprint density at radius 3 is 2.44 bits per heavy atom. The largest absolute Gasteiger partial charge is 0.236 e. The van der Waals surface area contributed by atoms with Crippen molar-refractivity contribution in [3.63, 3.8) is 0 Å². The smallest absolute Gasteiger partial charge is 0.195 e. The summed E-state index contributed by atoms with van der Waals surface area (Å²) in [5.74, 6) is -3.99. The van der Waals surface area contributed by atoms with Crippen LogP contribution in [0, 0.1) is 17.5 Å². The van der Waals surface area contributed by atoms with Gasteiger partial charge in [-0.25, -0.2) is 23.1 Å². The molecule has 0 N–H and O–H groups in total. The van der Waals surface area contributed by atoms with Gasteiger partial charge in [0.2, 0.25) is 0 Å². The highest BCUT2D eigenvalue weighted by molar-refractivity contribution is 9.10. The molecule has 1 heterocycles. The second-order valence-corrected chi connectivity index (χ2v) is 3.76. The minimum atomic E-state index is -1.51. The molecule has 0 atom stereocenters. The van der Waals surface area contributed by atoms with E-state index in [4.69, 9.17) is 0 Å². The van der Waals surface area contributed by atoms with Crippen LogP contribution in [-0.2, 0) is 0 Å². The van der Waals surface area contributed by atoms with Crippen molar-refractivity contribution in [3.05, 3.63) is 46.6 Å². The minimum Gasteiger partial charge on any atom is -0.236 e. The van der Waals surface area contributed by atoms with E-state index in [1.54, 1.807) is 0 Å². The van der Waals surface area contributed by atoms with Gasteiger partial charge >= 0.3 is 0 Å². The standard InChI is InChI=1S/C10H4BrF3N2/c11-8-3-7(15-4-16-8)5-1-2-6(12)10(14)9(5)13/h1-4H. The van der Waals surface area contributed by atoms with Crippen LogP contribution in [0.15, 0.2) is 29.1 Å². The third-order valence-corrected chi connectivity index (χ3v) is 2.38. The highest BCUT2D eigenvalue weighted by Crippen LogP contribution is 2.25. The second kappa shape index (κ2) is 4.21. The number of hydrogen-bond acceptors (Lipinski definition) is 2. The molecule has 0 saturated heterocycles. The van der Waals surface area contributed by atoms with Gasteiger partial charge in [0.1, 0.15) is 10.9 Å². The Morgan fingerprint density at radius 1 is 1.00 bits per heavy atom. The summed E-state index contributed by atoms with van der Waals surface area (Å²) in [7, 11) is 0. The highest BCUT2D eigenvalue weighted by Gasteiger charge is 2.15. The number of rotatable bonds is 1. The molecule has 2 nitrogen and oxygen atoms in total. The molecule has 0 fully saturated rings. The van der Waals surface area contributed by atoms with Crippen LogP contribution in [0.25, 0.3) is 11.3 Å². The first-order chi connectivity index (χ1) is 7.59. The average Bonchev–Trinajstić information content (AvgIpc) is 2.26. The van der Waals surface area contributed by atoms with E-state index in [-0.39, 0.29) is 11.3 Å². The summed E-state index contributed by atoms with van der Waals surface area (Å²) in [5.41, 5.74) is 0.0697. The zero-order valence-electron chi connectivity index (χ0n) is 7.72. The van der Waals surface area contributed by atoms with E-state index in [1.807, 2.05) is 0 Å². The Kier molecular flexibility index (Phi) is 2.91. The first-order valence-electron chi connectivity index (χ1n) is 4.21. The normalized spacial score (nSPS) is 10.5. The van der Waals surface area contributed by atoms with E-state index in [0.29, 0.717) is 4.60 Å². The van der Waals surface area contributed by atoms with Crippen LogP contribution in [0.1, 0.15) is 0 Å². The SMILES string of the molecule is Fc1ccc(-c2cc(Br)ncn2)c(F)c1F. The summed E-state index contributed by atoms with van der Waals surface area (Å²) in [6, 6.07) is 3.39. The monoisotopic (exact) mass is 288 g/mol. The molecular weight excluding hydrogens is 285 g/mol. The Labute approximate surface area is 97.3 Å².